The third kappa shape index (κ3) is 8.03. The quantitative estimate of drug-likeness (QED) is 0.109. The van der Waals surface area contributed by atoms with Crippen LogP contribution in [0, 0.1) is 6.92 Å². The van der Waals surface area contributed by atoms with E-state index in [9.17, 15) is 22.8 Å². The van der Waals surface area contributed by atoms with E-state index in [4.69, 9.17) is 18.9 Å². The highest BCUT2D eigenvalue weighted by Crippen LogP contribution is 2.29. The van der Waals surface area contributed by atoms with Crippen molar-refractivity contribution < 1.29 is 41.7 Å². The number of esters is 3. The predicted octanol–water partition coefficient (Wildman–Crippen LogP) is 4.33. The van der Waals surface area contributed by atoms with Crippen LogP contribution in [0.5, 0.6) is 0 Å². The van der Waals surface area contributed by atoms with Crippen LogP contribution in [-0.4, -0.2) is 63.6 Å². The average Bonchev–Trinajstić information content (AvgIpc) is 3.39. The summed E-state index contributed by atoms with van der Waals surface area (Å²) in [5, 5.41) is 3.88. The first-order valence-electron chi connectivity index (χ1n) is 14.2. The van der Waals surface area contributed by atoms with Crippen LogP contribution in [-0.2, 0) is 29.0 Å². The first kappa shape index (κ1) is 32.1. The molecule has 4 atom stereocenters. The lowest BCUT2D eigenvalue weighted by Crippen LogP contribution is -2.42. The molecule has 46 heavy (non-hydrogen) atoms. The molecule has 0 aromatic heterocycles. The minimum atomic E-state index is -4.05. The fraction of sp³-hybridized carbons (Fsp3) is 0.176. The summed E-state index contributed by atoms with van der Waals surface area (Å²) >= 11 is 0. The molecule has 1 N–H and O–H groups in total. The van der Waals surface area contributed by atoms with Crippen LogP contribution in [0.3, 0.4) is 0 Å². The molecule has 1 aliphatic heterocycles. The number of carbonyl (C=O) groups is 3. The molecule has 11 nitrogen and oxygen atoms in total. The maximum absolute atomic E-state index is 13.2. The number of benzene rings is 4. The minimum Gasteiger partial charge on any atom is -0.459 e. The van der Waals surface area contributed by atoms with Crippen molar-refractivity contribution in [3.8, 4) is 0 Å². The number of sulfonamides is 1. The van der Waals surface area contributed by atoms with Gasteiger partial charge >= 0.3 is 17.9 Å². The van der Waals surface area contributed by atoms with Crippen molar-refractivity contribution in [1.29, 1.82) is 0 Å². The van der Waals surface area contributed by atoms with E-state index in [2.05, 4.69) is 9.93 Å². The maximum atomic E-state index is 13.2. The lowest BCUT2D eigenvalue weighted by Gasteiger charge is -2.24. The van der Waals surface area contributed by atoms with Gasteiger partial charge < -0.3 is 18.9 Å². The molecule has 0 amide bonds. The van der Waals surface area contributed by atoms with E-state index < -0.39 is 52.3 Å². The molecule has 5 rings (SSSR count). The fourth-order valence-electron chi connectivity index (χ4n) is 4.58. The molecule has 1 heterocycles. The Kier molecular flexibility index (Phi) is 10.2. The van der Waals surface area contributed by atoms with Crippen molar-refractivity contribution in [2.75, 3.05) is 6.61 Å². The normalized spacial score (nSPS) is 19.3. The van der Waals surface area contributed by atoms with Gasteiger partial charge in [-0.3, -0.25) is 0 Å². The molecule has 1 aliphatic rings. The van der Waals surface area contributed by atoms with Gasteiger partial charge in [-0.1, -0.05) is 72.3 Å². The summed E-state index contributed by atoms with van der Waals surface area (Å²) < 4.78 is 48.8. The second-order valence-electron chi connectivity index (χ2n) is 10.3. The lowest BCUT2D eigenvalue weighted by molar-refractivity contribution is -0.0436. The first-order valence-corrected chi connectivity index (χ1v) is 15.7. The topological polar surface area (TPSA) is 147 Å². The Morgan fingerprint density at radius 1 is 0.717 bits per heavy atom. The third-order valence-electron chi connectivity index (χ3n) is 6.96. The van der Waals surface area contributed by atoms with Gasteiger partial charge in [-0.2, -0.15) is 13.5 Å². The van der Waals surface area contributed by atoms with Gasteiger partial charge in [0.2, 0.25) is 0 Å². The van der Waals surface area contributed by atoms with Gasteiger partial charge in [0.05, 0.1) is 27.8 Å². The number of nitrogens with zero attached hydrogens (tertiary/aromatic N) is 1. The molecule has 0 aliphatic carbocycles. The van der Waals surface area contributed by atoms with Crippen LogP contribution >= 0.6 is 0 Å². The molecule has 0 radical (unpaired) electrons. The predicted molar refractivity (Wildman–Crippen MR) is 167 cm³/mol. The second-order valence-corrected chi connectivity index (χ2v) is 11.9. The van der Waals surface area contributed by atoms with E-state index in [1.165, 1.54) is 12.1 Å². The van der Waals surface area contributed by atoms with Gasteiger partial charge in [-0.05, 0) is 55.5 Å². The highest BCUT2D eigenvalue weighted by Gasteiger charge is 2.50. The number of carbonyl (C=O) groups excluding carboxylic acids is 3. The molecule has 0 spiro atoms. The average molecular weight is 643 g/mol. The Labute approximate surface area is 265 Å². The van der Waals surface area contributed by atoms with Crippen molar-refractivity contribution in [2.24, 2.45) is 5.10 Å². The van der Waals surface area contributed by atoms with E-state index in [-0.39, 0.29) is 28.2 Å². The first-order chi connectivity index (χ1) is 22.2. The third-order valence-corrected chi connectivity index (χ3v) is 8.20. The molecule has 0 unspecified atom stereocenters. The van der Waals surface area contributed by atoms with Crippen LogP contribution in [0.4, 0.5) is 0 Å². The van der Waals surface area contributed by atoms with Crippen molar-refractivity contribution in [3.05, 3.63) is 138 Å². The fourth-order valence-corrected chi connectivity index (χ4v) is 5.38. The molecule has 1 saturated heterocycles. The van der Waals surface area contributed by atoms with Crippen molar-refractivity contribution >= 4 is 34.1 Å². The highest BCUT2D eigenvalue weighted by atomic mass is 32.2. The van der Waals surface area contributed by atoms with Gasteiger partial charge in [0, 0.05) is 0 Å². The monoisotopic (exact) mass is 642 g/mol. The van der Waals surface area contributed by atoms with E-state index in [1.54, 1.807) is 103 Å². The number of rotatable bonds is 11. The molecule has 12 heteroatoms. The number of hydrazone groups is 1. The van der Waals surface area contributed by atoms with Crippen molar-refractivity contribution in [3.63, 3.8) is 0 Å². The van der Waals surface area contributed by atoms with Gasteiger partial charge in [-0.25, -0.2) is 19.2 Å². The van der Waals surface area contributed by atoms with Gasteiger partial charge in [0.1, 0.15) is 18.8 Å². The molecule has 4 aromatic carbocycles. The van der Waals surface area contributed by atoms with E-state index in [0.717, 1.165) is 11.8 Å². The summed E-state index contributed by atoms with van der Waals surface area (Å²) in [6, 6.07) is 30.7. The summed E-state index contributed by atoms with van der Waals surface area (Å²) in [5.74, 6) is -2.15. The summed E-state index contributed by atoms with van der Waals surface area (Å²) in [7, 11) is -4.05. The van der Waals surface area contributed by atoms with E-state index in [1.807, 2.05) is 6.92 Å². The van der Waals surface area contributed by atoms with E-state index in [0.29, 0.717) is 0 Å². The Hall–Kier alpha value is -5.33. The Morgan fingerprint density at radius 3 is 1.72 bits per heavy atom. The standard InChI is InChI=1S/C34H30N2O9S/c1-23-17-19-27(20-18-23)46(40,41)36-35-21-28-30(44-33(38)25-13-7-3-8-14-25)31(45-34(39)26-15-9-4-10-16-26)29(43-28)22-42-32(37)24-11-5-2-6-12-24/h2-21,28-31,36H,22H2,1H3/b35-21-/t28-,29+,30-,31+/m0/s1. The molecule has 0 bridgehead atoms. The molecular formula is C34H30N2O9S. The van der Waals surface area contributed by atoms with Crippen LogP contribution < -0.4 is 4.83 Å². The summed E-state index contributed by atoms with van der Waals surface area (Å²) in [4.78, 5) is 41.2. The number of ether oxygens (including phenoxy) is 4. The summed E-state index contributed by atoms with van der Waals surface area (Å²) in [6.45, 7) is 1.43. The van der Waals surface area contributed by atoms with Crippen LogP contribution in [0.1, 0.15) is 36.6 Å². The zero-order valence-electron chi connectivity index (χ0n) is 24.6. The maximum Gasteiger partial charge on any atom is 0.338 e. The van der Waals surface area contributed by atoms with E-state index >= 15 is 0 Å². The highest BCUT2D eigenvalue weighted by molar-refractivity contribution is 7.89. The van der Waals surface area contributed by atoms with Gasteiger partial charge in [-0.15, -0.1) is 0 Å². The summed E-state index contributed by atoms with van der Waals surface area (Å²) in [5.41, 5.74) is 1.60. The smallest absolute Gasteiger partial charge is 0.338 e. The molecule has 0 saturated carbocycles. The Bertz CT molecular complexity index is 1780. The van der Waals surface area contributed by atoms with Crippen LogP contribution in [0.25, 0.3) is 0 Å². The number of nitrogens with one attached hydrogen (secondary N) is 1. The zero-order chi connectivity index (χ0) is 32.5. The van der Waals surface area contributed by atoms with Crippen molar-refractivity contribution in [1.82, 2.24) is 4.83 Å². The number of hydrogen-bond acceptors (Lipinski definition) is 10. The van der Waals surface area contributed by atoms with Crippen LogP contribution in [0.2, 0.25) is 0 Å². The summed E-state index contributed by atoms with van der Waals surface area (Å²) in [6.07, 6.45) is -3.85. The van der Waals surface area contributed by atoms with Gasteiger partial charge in [0.15, 0.2) is 12.2 Å². The molecule has 4 aromatic rings. The molecule has 1 fully saturated rings. The largest absolute Gasteiger partial charge is 0.459 e. The minimum absolute atomic E-state index is 0.0185. The Morgan fingerprint density at radius 2 is 1.20 bits per heavy atom. The SMILES string of the molecule is Cc1ccc(S(=O)(=O)N/N=C\[C@@H]2O[C@H](COC(=O)c3ccccc3)[C@@H](OC(=O)c3ccccc3)[C@H]2OC(=O)c2ccccc2)cc1. The Balaban J connectivity index is 1.43. The number of aryl methyl sites for hydroxylation is 1. The number of hydrogen-bond donors (Lipinski definition) is 1. The molecular weight excluding hydrogens is 612 g/mol. The van der Waals surface area contributed by atoms with Crippen LogP contribution in [0.15, 0.2) is 125 Å². The van der Waals surface area contributed by atoms with Crippen molar-refractivity contribution in [2.45, 2.75) is 36.2 Å². The molecule has 236 valence electrons. The lowest BCUT2D eigenvalue weighted by atomic mass is 10.1. The zero-order valence-corrected chi connectivity index (χ0v) is 25.4. The van der Waals surface area contributed by atoms with Gasteiger partial charge in [0.25, 0.3) is 10.0 Å². The second kappa shape index (κ2) is 14.6.